The molecule has 0 fully saturated rings. The molecule has 0 saturated heterocycles. The van der Waals surface area contributed by atoms with Crippen LogP contribution in [-0.4, -0.2) is 50.5 Å². The van der Waals surface area contributed by atoms with Crippen molar-refractivity contribution < 1.29 is 9.53 Å². The lowest BCUT2D eigenvalue weighted by atomic mass is 10.2. The molecule has 27 heavy (non-hydrogen) atoms. The first-order valence-electron chi connectivity index (χ1n) is 8.95. The minimum atomic E-state index is -0.201. The summed E-state index contributed by atoms with van der Waals surface area (Å²) in [5.41, 5.74) is 1.61. The van der Waals surface area contributed by atoms with Crippen LogP contribution in [0.1, 0.15) is 30.8 Å². The monoisotopic (exact) mass is 368 g/mol. The number of hydrogen-bond donors (Lipinski definition) is 1. The number of methoxy groups -OCH3 is 1. The van der Waals surface area contributed by atoms with Crippen molar-refractivity contribution >= 4 is 11.8 Å². The Labute approximate surface area is 158 Å². The van der Waals surface area contributed by atoms with E-state index in [-0.39, 0.29) is 12.1 Å². The van der Waals surface area contributed by atoms with Gasteiger partial charge < -0.3 is 15.0 Å². The zero-order valence-corrected chi connectivity index (χ0v) is 15.6. The second kappa shape index (κ2) is 9.09. The van der Waals surface area contributed by atoms with E-state index < -0.39 is 0 Å². The summed E-state index contributed by atoms with van der Waals surface area (Å²) < 4.78 is 7.00. The fraction of sp³-hybridized carbons (Fsp3) is 0.368. The number of nitrogens with one attached hydrogen (secondary N) is 1. The number of rotatable bonds is 8. The van der Waals surface area contributed by atoms with Crippen LogP contribution < -0.4 is 5.32 Å². The van der Waals surface area contributed by atoms with Gasteiger partial charge in [-0.2, -0.15) is 0 Å². The standard InChI is InChI=1S/C19H24N6O2/c1-3-16(17-14-24-10-6-9-21-18(24)22-17)23-19(26)25(11-12-27-2)13-15-7-4-5-8-20-15/h4-10,14,16H,3,11-13H2,1-2H3,(H,23,26)/t16-/m0/s1. The summed E-state index contributed by atoms with van der Waals surface area (Å²) in [4.78, 5) is 27.7. The second-order valence-electron chi connectivity index (χ2n) is 6.14. The van der Waals surface area contributed by atoms with Crippen LogP contribution in [0.15, 0.2) is 49.1 Å². The Kier molecular flexibility index (Phi) is 6.32. The van der Waals surface area contributed by atoms with Gasteiger partial charge in [0, 0.05) is 38.4 Å². The molecule has 3 aromatic rings. The van der Waals surface area contributed by atoms with Crippen molar-refractivity contribution in [1.29, 1.82) is 0 Å². The van der Waals surface area contributed by atoms with Gasteiger partial charge in [0.2, 0.25) is 5.78 Å². The molecule has 0 aliphatic heterocycles. The lowest BCUT2D eigenvalue weighted by Crippen LogP contribution is -2.42. The first kappa shape index (κ1) is 18.8. The number of hydrogen-bond acceptors (Lipinski definition) is 5. The van der Waals surface area contributed by atoms with Crippen molar-refractivity contribution in [2.75, 3.05) is 20.3 Å². The lowest BCUT2D eigenvalue weighted by Gasteiger charge is -2.25. The maximum Gasteiger partial charge on any atom is 0.318 e. The van der Waals surface area contributed by atoms with Gasteiger partial charge in [0.05, 0.1) is 30.6 Å². The SMILES string of the molecule is CC[C@H](NC(=O)N(CCOC)Cc1ccccn1)c1cn2cccnc2n1. The molecule has 3 heterocycles. The number of pyridine rings is 1. The van der Waals surface area contributed by atoms with Gasteiger partial charge in [0.15, 0.2) is 0 Å². The van der Waals surface area contributed by atoms with Crippen LogP contribution in [0.25, 0.3) is 5.78 Å². The molecule has 1 N–H and O–H groups in total. The van der Waals surface area contributed by atoms with E-state index in [0.717, 1.165) is 17.8 Å². The van der Waals surface area contributed by atoms with E-state index in [2.05, 4.69) is 20.3 Å². The Morgan fingerprint density at radius 2 is 2.15 bits per heavy atom. The fourth-order valence-electron chi connectivity index (χ4n) is 2.78. The maximum absolute atomic E-state index is 12.9. The number of amides is 2. The van der Waals surface area contributed by atoms with Gasteiger partial charge in [-0.3, -0.25) is 9.38 Å². The van der Waals surface area contributed by atoms with Gasteiger partial charge in [-0.15, -0.1) is 0 Å². The molecule has 0 saturated carbocycles. The van der Waals surface area contributed by atoms with Crippen molar-refractivity contribution in [2.24, 2.45) is 0 Å². The van der Waals surface area contributed by atoms with E-state index in [1.165, 1.54) is 0 Å². The quantitative estimate of drug-likeness (QED) is 0.660. The second-order valence-corrected chi connectivity index (χ2v) is 6.14. The third kappa shape index (κ3) is 4.79. The number of nitrogens with zero attached hydrogens (tertiary/aromatic N) is 5. The predicted molar refractivity (Wildman–Crippen MR) is 101 cm³/mol. The van der Waals surface area contributed by atoms with E-state index >= 15 is 0 Å². The highest BCUT2D eigenvalue weighted by molar-refractivity contribution is 5.74. The van der Waals surface area contributed by atoms with Crippen LogP contribution in [0.2, 0.25) is 0 Å². The molecule has 8 heteroatoms. The Bertz CT molecular complexity index is 834. The van der Waals surface area contributed by atoms with Crippen molar-refractivity contribution in [2.45, 2.75) is 25.9 Å². The molecule has 142 valence electrons. The predicted octanol–water partition coefficient (Wildman–Crippen LogP) is 2.43. The first-order chi connectivity index (χ1) is 13.2. The van der Waals surface area contributed by atoms with Gasteiger partial charge in [0.25, 0.3) is 0 Å². The van der Waals surface area contributed by atoms with Gasteiger partial charge in [-0.1, -0.05) is 13.0 Å². The van der Waals surface area contributed by atoms with Crippen LogP contribution in [0.3, 0.4) is 0 Å². The van der Waals surface area contributed by atoms with E-state index in [1.54, 1.807) is 24.4 Å². The molecule has 0 aliphatic rings. The highest BCUT2D eigenvalue weighted by Gasteiger charge is 2.21. The largest absolute Gasteiger partial charge is 0.383 e. The average molecular weight is 368 g/mol. The third-order valence-electron chi connectivity index (χ3n) is 4.25. The van der Waals surface area contributed by atoms with Gasteiger partial charge in [0.1, 0.15) is 0 Å². The number of urea groups is 1. The Balaban J connectivity index is 1.73. The smallest absolute Gasteiger partial charge is 0.318 e. The minimum absolute atomic E-state index is 0.172. The van der Waals surface area contributed by atoms with Crippen LogP contribution in [0.4, 0.5) is 4.79 Å². The van der Waals surface area contributed by atoms with Crippen LogP contribution in [0, 0.1) is 0 Å². The van der Waals surface area contributed by atoms with Crippen molar-refractivity contribution in [1.82, 2.24) is 29.6 Å². The van der Waals surface area contributed by atoms with E-state index in [9.17, 15) is 4.79 Å². The summed E-state index contributed by atoms with van der Waals surface area (Å²) in [6, 6.07) is 7.14. The number of imidazole rings is 1. The molecule has 2 amide bonds. The molecule has 3 aromatic heterocycles. The van der Waals surface area contributed by atoms with E-state index in [0.29, 0.717) is 25.5 Å². The molecule has 0 unspecified atom stereocenters. The van der Waals surface area contributed by atoms with Crippen LogP contribution >= 0.6 is 0 Å². The number of carbonyl (C=O) groups excluding carboxylic acids is 1. The normalized spacial score (nSPS) is 12.1. The third-order valence-corrected chi connectivity index (χ3v) is 4.25. The highest BCUT2D eigenvalue weighted by Crippen LogP contribution is 2.16. The summed E-state index contributed by atoms with van der Waals surface area (Å²) >= 11 is 0. The molecular weight excluding hydrogens is 344 g/mol. The molecule has 8 nitrogen and oxygen atoms in total. The summed E-state index contributed by atoms with van der Waals surface area (Å²) in [6.07, 6.45) is 7.93. The number of ether oxygens (including phenoxy) is 1. The van der Waals surface area contributed by atoms with Gasteiger partial charge >= 0.3 is 6.03 Å². The summed E-state index contributed by atoms with van der Waals surface area (Å²) in [5, 5.41) is 3.07. The molecule has 0 spiro atoms. The molecule has 0 aromatic carbocycles. The van der Waals surface area contributed by atoms with Crippen LogP contribution in [0.5, 0.6) is 0 Å². The summed E-state index contributed by atoms with van der Waals surface area (Å²) in [7, 11) is 1.62. The zero-order valence-electron chi connectivity index (χ0n) is 15.6. The van der Waals surface area contributed by atoms with Gasteiger partial charge in [-0.25, -0.2) is 14.8 Å². The molecular formula is C19H24N6O2. The van der Waals surface area contributed by atoms with Crippen LogP contribution in [-0.2, 0) is 11.3 Å². The first-order valence-corrected chi connectivity index (χ1v) is 8.95. The minimum Gasteiger partial charge on any atom is -0.383 e. The molecule has 0 bridgehead atoms. The lowest BCUT2D eigenvalue weighted by molar-refractivity contribution is 0.144. The number of fused-ring (bicyclic) bond motifs is 1. The maximum atomic E-state index is 12.9. The van der Waals surface area contributed by atoms with E-state index in [1.807, 2.05) is 48.0 Å². The van der Waals surface area contributed by atoms with Crippen molar-refractivity contribution in [3.05, 3.63) is 60.4 Å². The molecule has 1 atom stereocenters. The fourth-order valence-corrected chi connectivity index (χ4v) is 2.78. The molecule has 0 aliphatic carbocycles. The number of aromatic nitrogens is 4. The Morgan fingerprint density at radius 1 is 1.30 bits per heavy atom. The highest BCUT2D eigenvalue weighted by atomic mass is 16.5. The Hall–Kier alpha value is -3.00. The zero-order chi connectivity index (χ0) is 19.1. The van der Waals surface area contributed by atoms with E-state index in [4.69, 9.17) is 4.74 Å². The number of carbonyl (C=O) groups is 1. The van der Waals surface area contributed by atoms with Gasteiger partial charge in [-0.05, 0) is 24.6 Å². The Morgan fingerprint density at radius 3 is 2.85 bits per heavy atom. The van der Waals surface area contributed by atoms with Crippen molar-refractivity contribution in [3.63, 3.8) is 0 Å². The summed E-state index contributed by atoms with van der Waals surface area (Å²) in [5.74, 6) is 0.616. The average Bonchev–Trinajstić information content (AvgIpc) is 3.13. The van der Waals surface area contributed by atoms with Crippen molar-refractivity contribution in [3.8, 4) is 0 Å². The molecule has 3 rings (SSSR count). The summed E-state index contributed by atoms with van der Waals surface area (Å²) in [6.45, 7) is 3.36. The topological polar surface area (TPSA) is 84.7 Å². The molecule has 0 radical (unpaired) electrons.